The molecule has 0 bridgehead atoms. The Bertz CT molecular complexity index is 362. The Morgan fingerprint density at radius 1 is 1.62 bits per heavy atom. The lowest BCUT2D eigenvalue weighted by Crippen LogP contribution is -2.10. The van der Waals surface area contributed by atoms with Crippen LogP contribution < -0.4 is 0 Å². The van der Waals surface area contributed by atoms with Crippen molar-refractivity contribution < 1.29 is 14.6 Å². The van der Waals surface area contributed by atoms with Gasteiger partial charge in [-0.15, -0.1) is 0 Å². The van der Waals surface area contributed by atoms with Crippen LogP contribution >= 0.6 is 0 Å². The number of unbranched alkanes of at least 4 members (excludes halogenated alkanes) is 1. The normalized spacial score (nSPS) is 12.7. The van der Waals surface area contributed by atoms with Gasteiger partial charge in [0.1, 0.15) is 0 Å². The number of nitro groups is 1. The van der Waals surface area contributed by atoms with Crippen LogP contribution in [0.3, 0.4) is 0 Å². The fourth-order valence-corrected chi connectivity index (χ4v) is 1.54. The van der Waals surface area contributed by atoms with Gasteiger partial charge in [-0.2, -0.15) is 0 Å². The number of aryl methyl sites for hydroxylation is 1. The molecule has 16 heavy (non-hydrogen) atoms. The van der Waals surface area contributed by atoms with Gasteiger partial charge in [-0.05, 0) is 13.3 Å². The Balaban J connectivity index is 2.70. The van der Waals surface area contributed by atoms with Gasteiger partial charge in [-0.1, -0.05) is 24.9 Å². The van der Waals surface area contributed by atoms with Gasteiger partial charge in [0.05, 0.1) is 11.0 Å². The zero-order valence-corrected chi connectivity index (χ0v) is 9.47. The van der Waals surface area contributed by atoms with E-state index in [0.717, 1.165) is 12.8 Å². The lowest BCUT2D eigenvalue weighted by Gasteiger charge is -2.06. The quantitative estimate of drug-likeness (QED) is 0.594. The molecule has 90 valence electrons. The van der Waals surface area contributed by atoms with E-state index in [-0.39, 0.29) is 23.6 Å². The molecule has 1 N–H and O–H groups in total. The average Bonchev–Trinajstić information content (AvgIpc) is 2.56. The first-order valence-corrected chi connectivity index (χ1v) is 5.33. The maximum Gasteiger partial charge on any atom is 0.334 e. The van der Waals surface area contributed by atoms with Crippen molar-refractivity contribution in [2.45, 2.75) is 45.6 Å². The molecule has 1 unspecified atom stereocenters. The van der Waals surface area contributed by atoms with Gasteiger partial charge in [-0.3, -0.25) is 10.1 Å². The van der Waals surface area contributed by atoms with Gasteiger partial charge in [0.15, 0.2) is 5.69 Å². The Labute approximate surface area is 93.4 Å². The van der Waals surface area contributed by atoms with E-state index in [2.05, 4.69) is 5.16 Å². The van der Waals surface area contributed by atoms with Gasteiger partial charge in [0, 0.05) is 6.42 Å². The second-order valence-electron chi connectivity index (χ2n) is 3.80. The predicted octanol–water partition coefficient (Wildman–Crippen LogP) is 1.98. The molecule has 6 heteroatoms. The van der Waals surface area contributed by atoms with Crippen LogP contribution in [0.1, 0.15) is 37.6 Å². The Morgan fingerprint density at radius 2 is 2.31 bits per heavy atom. The van der Waals surface area contributed by atoms with Crippen molar-refractivity contribution in [1.29, 1.82) is 0 Å². The summed E-state index contributed by atoms with van der Waals surface area (Å²) in [5.41, 5.74) is 0.137. The highest BCUT2D eigenvalue weighted by Crippen LogP contribution is 2.24. The molecule has 0 saturated heterocycles. The summed E-state index contributed by atoms with van der Waals surface area (Å²) in [5, 5.41) is 23.9. The number of nitrogens with zero attached hydrogens (tertiary/aromatic N) is 2. The predicted molar refractivity (Wildman–Crippen MR) is 57.1 cm³/mol. The van der Waals surface area contributed by atoms with E-state index in [4.69, 9.17) is 4.52 Å². The third kappa shape index (κ3) is 3.03. The summed E-state index contributed by atoms with van der Waals surface area (Å²) < 4.78 is 4.86. The molecule has 0 saturated carbocycles. The number of hydrogen-bond acceptors (Lipinski definition) is 5. The SMILES string of the molecule is CCCCC(O)Cc1onc(C)c1[N+](=O)[O-]. The van der Waals surface area contributed by atoms with Crippen LogP contribution in [0.5, 0.6) is 0 Å². The average molecular weight is 228 g/mol. The monoisotopic (exact) mass is 228 g/mol. The largest absolute Gasteiger partial charge is 0.393 e. The fourth-order valence-electron chi connectivity index (χ4n) is 1.54. The molecule has 0 radical (unpaired) electrons. The van der Waals surface area contributed by atoms with Crippen LogP contribution in [0.25, 0.3) is 0 Å². The minimum absolute atomic E-state index is 0.115. The molecule has 0 aromatic carbocycles. The van der Waals surface area contributed by atoms with Crippen molar-refractivity contribution in [3.63, 3.8) is 0 Å². The molecule has 1 aromatic heterocycles. The van der Waals surface area contributed by atoms with Crippen molar-refractivity contribution in [1.82, 2.24) is 5.16 Å². The maximum absolute atomic E-state index is 10.7. The molecular weight excluding hydrogens is 212 g/mol. The molecule has 0 fully saturated rings. The van der Waals surface area contributed by atoms with Crippen LogP contribution in [0.4, 0.5) is 5.69 Å². The van der Waals surface area contributed by atoms with E-state index in [1.165, 1.54) is 6.92 Å². The lowest BCUT2D eigenvalue weighted by molar-refractivity contribution is -0.386. The topological polar surface area (TPSA) is 89.4 Å². The highest BCUT2D eigenvalue weighted by atomic mass is 16.6. The zero-order valence-electron chi connectivity index (χ0n) is 9.47. The zero-order chi connectivity index (χ0) is 12.1. The van der Waals surface area contributed by atoms with Crippen molar-refractivity contribution in [2.24, 2.45) is 0 Å². The lowest BCUT2D eigenvalue weighted by atomic mass is 10.1. The van der Waals surface area contributed by atoms with E-state index in [1.807, 2.05) is 6.92 Å². The van der Waals surface area contributed by atoms with Gasteiger partial charge < -0.3 is 9.63 Å². The third-order valence-electron chi connectivity index (χ3n) is 2.39. The second-order valence-corrected chi connectivity index (χ2v) is 3.80. The molecule has 1 rings (SSSR count). The first-order valence-electron chi connectivity index (χ1n) is 5.33. The number of aliphatic hydroxyl groups is 1. The standard InChI is InChI=1S/C10H16N2O4/c1-3-4-5-8(13)6-9-10(12(14)15)7(2)11-16-9/h8,13H,3-6H2,1-2H3. The summed E-state index contributed by atoms with van der Waals surface area (Å²) >= 11 is 0. The molecule has 6 nitrogen and oxygen atoms in total. The van der Waals surface area contributed by atoms with Crippen molar-refractivity contribution in [2.75, 3.05) is 0 Å². The van der Waals surface area contributed by atoms with Gasteiger partial charge in [0.2, 0.25) is 5.76 Å². The maximum atomic E-state index is 10.7. The minimum Gasteiger partial charge on any atom is -0.393 e. The highest BCUT2D eigenvalue weighted by Gasteiger charge is 2.25. The summed E-state index contributed by atoms with van der Waals surface area (Å²) in [6.45, 7) is 3.54. The van der Waals surface area contributed by atoms with E-state index in [9.17, 15) is 15.2 Å². The highest BCUT2D eigenvalue weighted by molar-refractivity contribution is 5.37. The first-order chi connectivity index (χ1) is 7.56. The molecule has 0 aliphatic heterocycles. The van der Waals surface area contributed by atoms with Crippen LogP contribution in [0, 0.1) is 17.0 Å². The van der Waals surface area contributed by atoms with Gasteiger partial charge >= 0.3 is 5.69 Å². The molecule has 1 aromatic rings. The van der Waals surface area contributed by atoms with E-state index >= 15 is 0 Å². The van der Waals surface area contributed by atoms with E-state index < -0.39 is 11.0 Å². The number of aliphatic hydroxyl groups excluding tert-OH is 1. The molecule has 0 aliphatic rings. The molecule has 0 aliphatic carbocycles. The second kappa shape index (κ2) is 5.60. The Kier molecular flexibility index (Phi) is 4.42. The molecule has 0 spiro atoms. The first kappa shape index (κ1) is 12.6. The van der Waals surface area contributed by atoms with Crippen molar-refractivity contribution >= 4 is 5.69 Å². The van der Waals surface area contributed by atoms with Crippen LogP contribution in [0.2, 0.25) is 0 Å². The van der Waals surface area contributed by atoms with Crippen LogP contribution in [0.15, 0.2) is 4.52 Å². The van der Waals surface area contributed by atoms with Gasteiger partial charge in [-0.25, -0.2) is 0 Å². The summed E-state index contributed by atoms with van der Waals surface area (Å²) in [6.07, 6.45) is 2.03. The Hall–Kier alpha value is -1.43. The minimum atomic E-state index is -0.606. The summed E-state index contributed by atoms with van der Waals surface area (Å²) in [5.74, 6) is 0.158. The Morgan fingerprint density at radius 3 is 2.88 bits per heavy atom. The molecule has 0 amide bonds. The number of hydrogen-bond donors (Lipinski definition) is 1. The van der Waals surface area contributed by atoms with Crippen molar-refractivity contribution in [3.05, 3.63) is 21.6 Å². The summed E-state index contributed by atoms with van der Waals surface area (Å²) in [6, 6.07) is 0. The van der Waals surface area contributed by atoms with E-state index in [0.29, 0.717) is 6.42 Å². The molecule has 1 heterocycles. The third-order valence-corrected chi connectivity index (χ3v) is 2.39. The summed E-state index contributed by atoms with van der Waals surface area (Å²) in [7, 11) is 0. The molecule has 1 atom stereocenters. The van der Waals surface area contributed by atoms with Gasteiger partial charge in [0.25, 0.3) is 0 Å². The molecular formula is C10H16N2O4. The van der Waals surface area contributed by atoms with Crippen LogP contribution in [-0.2, 0) is 6.42 Å². The fraction of sp³-hybridized carbons (Fsp3) is 0.700. The summed E-state index contributed by atoms with van der Waals surface area (Å²) in [4.78, 5) is 10.2. The smallest absolute Gasteiger partial charge is 0.334 e. The number of aromatic nitrogens is 1. The number of rotatable bonds is 6. The van der Waals surface area contributed by atoms with E-state index in [1.54, 1.807) is 0 Å². The van der Waals surface area contributed by atoms with Crippen molar-refractivity contribution in [3.8, 4) is 0 Å². The van der Waals surface area contributed by atoms with Crippen LogP contribution in [-0.4, -0.2) is 21.3 Å².